The fraction of sp³-hybridized carbons (Fsp3) is 0.647. The summed E-state index contributed by atoms with van der Waals surface area (Å²) in [6.45, 7) is 8.98. The topological polar surface area (TPSA) is 24.5 Å². The second-order valence-electron chi connectivity index (χ2n) is 6.66. The molecule has 0 radical (unpaired) electrons. The average Bonchev–Trinajstić information content (AvgIpc) is 2.87. The molecule has 1 heterocycles. The van der Waals surface area contributed by atoms with Crippen molar-refractivity contribution in [2.75, 3.05) is 44.8 Å². The van der Waals surface area contributed by atoms with Crippen molar-refractivity contribution in [2.45, 2.75) is 20.3 Å². The number of ether oxygens (including phenoxy) is 1. The van der Waals surface area contributed by atoms with Crippen LogP contribution < -0.4 is 10.2 Å². The first kappa shape index (κ1) is 16.2. The van der Waals surface area contributed by atoms with E-state index >= 15 is 0 Å². The van der Waals surface area contributed by atoms with Gasteiger partial charge in [-0.1, -0.05) is 13.8 Å². The zero-order valence-electron chi connectivity index (χ0n) is 13.4. The standard InChI is InChI=1S/C17H27FN2O/c1-14(2)10-19-11-17(8-9-21-13-17)12-20(3)16-6-4-15(18)5-7-16/h4-7,14,19H,8-13H2,1-3H3. The monoisotopic (exact) mass is 294 g/mol. The highest BCUT2D eigenvalue weighted by Gasteiger charge is 2.35. The fourth-order valence-corrected chi connectivity index (χ4v) is 2.89. The molecule has 1 unspecified atom stereocenters. The zero-order valence-corrected chi connectivity index (χ0v) is 13.4. The van der Waals surface area contributed by atoms with E-state index in [9.17, 15) is 4.39 Å². The highest BCUT2D eigenvalue weighted by molar-refractivity contribution is 5.45. The van der Waals surface area contributed by atoms with Gasteiger partial charge in [-0.3, -0.25) is 0 Å². The lowest BCUT2D eigenvalue weighted by Crippen LogP contribution is -2.44. The van der Waals surface area contributed by atoms with E-state index in [-0.39, 0.29) is 11.2 Å². The SMILES string of the molecule is CC(C)CNCC1(CN(C)c2ccc(F)cc2)CCOC1. The summed E-state index contributed by atoms with van der Waals surface area (Å²) in [5, 5.41) is 3.57. The van der Waals surface area contributed by atoms with E-state index in [0.717, 1.165) is 45.0 Å². The molecule has 1 fully saturated rings. The Bertz CT molecular complexity index is 427. The van der Waals surface area contributed by atoms with Gasteiger partial charge in [0.05, 0.1) is 6.61 Å². The summed E-state index contributed by atoms with van der Waals surface area (Å²) in [7, 11) is 2.07. The molecule has 0 amide bonds. The van der Waals surface area contributed by atoms with Gasteiger partial charge >= 0.3 is 0 Å². The van der Waals surface area contributed by atoms with Crippen LogP contribution in [0.4, 0.5) is 10.1 Å². The Morgan fingerprint density at radius 2 is 2.05 bits per heavy atom. The number of nitrogens with one attached hydrogen (secondary N) is 1. The molecule has 1 aromatic rings. The lowest BCUT2D eigenvalue weighted by atomic mass is 9.86. The van der Waals surface area contributed by atoms with Gasteiger partial charge in [-0.05, 0) is 43.1 Å². The molecule has 1 saturated heterocycles. The normalized spacial score (nSPS) is 22.0. The Labute approximate surface area is 127 Å². The largest absolute Gasteiger partial charge is 0.381 e. The second-order valence-corrected chi connectivity index (χ2v) is 6.66. The van der Waals surface area contributed by atoms with Gasteiger partial charge in [-0.25, -0.2) is 4.39 Å². The number of hydrogen-bond donors (Lipinski definition) is 1. The Hall–Kier alpha value is -1.13. The third-order valence-corrected chi connectivity index (χ3v) is 4.08. The van der Waals surface area contributed by atoms with Gasteiger partial charge in [0.1, 0.15) is 5.82 Å². The minimum absolute atomic E-state index is 0.151. The van der Waals surface area contributed by atoms with E-state index in [1.54, 1.807) is 0 Å². The Kier molecular flexibility index (Phi) is 5.59. The van der Waals surface area contributed by atoms with Crippen molar-refractivity contribution in [2.24, 2.45) is 11.3 Å². The van der Waals surface area contributed by atoms with E-state index in [1.807, 2.05) is 12.1 Å². The maximum Gasteiger partial charge on any atom is 0.123 e. The van der Waals surface area contributed by atoms with Crippen LogP contribution in [0.25, 0.3) is 0 Å². The van der Waals surface area contributed by atoms with Crippen molar-refractivity contribution >= 4 is 5.69 Å². The minimum atomic E-state index is -0.190. The van der Waals surface area contributed by atoms with Crippen molar-refractivity contribution in [3.63, 3.8) is 0 Å². The summed E-state index contributed by atoms with van der Waals surface area (Å²) in [5.74, 6) is 0.462. The summed E-state index contributed by atoms with van der Waals surface area (Å²) in [5.41, 5.74) is 1.20. The quantitative estimate of drug-likeness (QED) is 0.837. The highest BCUT2D eigenvalue weighted by atomic mass is 19.1. The van der Waals surface area contributed by atoms with Crippen molar-refractivity contribution in [1.29, 1.82) is 0 Å². The molecule has 21 heavy (non-hydrogen) atoms. The van der Waals surface area contributed by atoms with Gasteiger partial charge < -0.3 is 15.0 Å². The number of hydrogen-bond acceptors (Lipinski definition) is 3. The first-order valence-electron chi connectivity index (χ1n) is 7.76. The Morgan fingerprint density at radius 1 is 1.33 bits per heavy atom. The van der Waals surface area contributed by atoms with Gasteiger partial charge in [0.15, 0.2) is 0 Å². The molecule has 0 aliphatic carbocycles. The van der Waals surface area contributed by atoms with Gasteiger partial charge in [0.25, 0.3) is 0 Å². The number of rotatable bonds is 7. The molecule has 1 aromatic carbocycles. The lowest BCUT2D eigenvalue weighted by Gasteiger charge is -2.34. The van der Waals surface area contributed by atoms with Crippen molar-refractivity contribution in [3.05, 3.63) is 30.1 Å². The first-order chi connectivity index (χ1) is 10.0. The molecule has 1 aliphatic heterocycles. The lowest BCUT2D eigenvalue weighted by molar-refractivity contribution is 0.152. The third-order valence-electron chi connectivity index (χ3n) is 4.08. The molecule has 0 saturated carbocycles. The average molecular weight is 294 g/mol. The van der Waals surface area contributed by atoms with Crippen LogP contribution in [0.1, 0.15) is 20.3 Å². The van der Waals surface area contributed by atoms with Gasteiger partial charge in [0.2, 0.25) is 0 Å². The van der Waals surface area contributed by atoms with Gasteiger partial charge in [-0.2, -0.15) is 0 Å². The minimum Gasteiger partial charge on any atom is -0.381 e. The predicted molar refractivity (Wildman–Crippen MR) is 85.2 cm³/mol. The van der Waals surface area contributed by atoms with Crippen LogP contribution in [0.3, 0.4) is 0 Å². The molecule has 1 aliphatic rings. The molecule has 3 nitrogen and oxygen atoms in total. The summed E-state index contributed by atoms with van der Waals surface area (Å²) in [6.07, 6.45) is 1.07. The highest BCUT2D eigenvalue weighted by Crippen LogP contribution is 2.30. The van der Waals surface area contributed by atoms with Crippen LogP contribution >= 0.6 is 0 Å². The van der Waals surface area contributed by atoms with Crippen molar-refractivity contribution in [3.8, 4) is 0 Å². The number of anilines is 1. The van der Waals surface area contributed by atoms with Crippen molar-refractivity contribution < 1.29 is 9.13 Å². The van der Waals surface area contributed by atoms with Crippen LogP contribution in [-0.4, -0.2) is 39.9 Å². The van der Waals surface area contributed by atoms with Crippen LogP contribution in [0.5, 0.6) is 0 Å². The number of halogens is 1. The molecule has 1 N–H and O–H groups in total. The maximum absolute atomic E-state index is 13.0. The van der Waals surface area contributed by atoms with Gasteiger partial charge in [0, 0.05) is 37.8 Å². The molecular weight excluding hydrogens is 267 g/mol. The van der Waals surface area contributed by atoms with Gasteiger partial charge in [-0.15, -0.1) is 0 Å². The second kappa shape index (κ2) is 7.23. The molecule has 0 bridgehead atoms. The van der Waals surface area contributed by atoms with Crippen LogP contribution in [0.2, 0.25) is 0 Å². The van der Waals surface area contributed by atoms with Crippen LogP contribution in [0, 0.1) is 17.2 Å². The first-order valence-corrected chi connectivity index (χ1v) is 7.76. The van der Waals surface area contributed by atoms with E-state index in [1.165, 1.54) is 12.1 Å². The Balaban J connectivity index is 1.96. The molecule has 118 valence electrons. The Morgan fingerprint density at radius 3 is 2.62 bits per heavy atom. The van der Waals surface area contributed by atoms with Crippen molar-refractivity contribution in [1.82, 2.24) is 5.32 Å². The smallest absolute Gasteiger partial charge is 0.123 e. The summed E-state index contributed by atoms with van der Waals surface area (Å²) in [4.78, 5) is 2.20. The molecular formula is C17H27FN2O. The molecule has 0 spiro atoms. The molecule has 2 rings (SSSR count). The maximum atomic E-state index is 13.0. The van der Waals surface area contributed by atoms with E-state index < -0.39 is 0 Å². The van der Waals surface area contributed by atoms with E-state index in [4.69, 9.17) is 4.74 Å². The third kappa shape index (κ3) is 4.68. The molecule has 1 atom stereocenters. The summed E-state index contributed by atoms with van der Waals surface area (Å²) >= 11 is 0. The van der Waals surface area contributed by atoms with Crippen LogP contribution in [-0.2, 0) is 4.74 Å². The van der Waals surface area contributed by atoms with E-state index in [2.05, 4.69) is 31.1 Å². The molecule has 0 aromatic heterocycles. The summed E-state index contributed by atoms with van der Waals surface area (Å²) < 4.78 is 18.7. The zero-order chi connectivity index (χ0) is 15.3. The number of benzene rings is 1. The fourth-order valence-electron chi connectivity index (χ4n) is 2.89. The van der Waals surface area contributed by atoms with E-state index in [0.29, 0.717) is 5.92 Å². The number of nitrogens with zero attached hydrogens (tertiary/aromatic N) is 1. The predicted octanol–water partition coefficient (Wildman–Crippen LogP) is 2.91. The molecule has 4 heteroatoms. The summed E-state index contributed by atoms with van der Waals surface area (Å²) in [6, 6.07) is 6.70. The van der Waals surface area contributed by atoms with Crippen LogP contribution in [0.15, 0.2) is 24.3 Å².